The van der Waals surface area contributed by atoms with Gasteiger partial charge in [0.25, 0.3) is 5.91 Å². The van der Waals surface area contributed by atoms with Crippen LogP contribution in [0, 0.1) is 6.92 Å². The largest absolute Gasteiger partial charge is 0.416 e. The van der Waals surface area contributed by atoms with Crippen molar-refractivity contribution in [2.45, 2.75) is 13.1 Å². The fourth-order valence-corrected chi connectivity index (χ4v) is 1.94. The second-order valence-electron chi connectivity index (χ2n) is 4.26. The Balaban J connectivity index is 2.27. The van der Waals surface area contributed by atoms with Gasteiger partial charge in [-0.25, -0.2) is 0 Å². The quantitative estimate of drug-likeness (QED) is 0.795. The Morgan fingerprint density at radius 1 is 1.43 bits per heavy atom. The lowest BCUT2D eigenvalue weighted by Crippen LogP contribution is -2.15. The number of carbonyl (C=O) groups excluding carboxylic acids is 1. The Morgan fingerprint density at radius 3 is 2.57 bits per heavy atom. The number of H-pyrrole nitrogens is 1. The molecule has 0 radical (unpaired) electrons. The van der Waals surface area contributed by atoms with E-state index in [1.807, 2.05) is 0 Å². The number of aryl methyl sites for hydroxylation is 1. The highest BCUT2D eigenvalue weighted by Gasteiger charge is 2.31. The maximum absolute atomic E-state index is 12.5. The van der Waals surface area contributed by atoms with Crippen LogP contribution < -0.4 is 11.1 Å². The van der Waals surface area contributed by atoms with Crippen LogP contribution in [0.2, 0.25) is 5.02 Å². The highest BCUT2D eigenvalue weighted by Crippen LogP contribution is 2.34. The van der Waals surface area contributed by atoms with E-state index in [0.29, 0.717) is 5.69 Å². The summed E-state index contributed by atoms with van der Waals surface area (Å²) < 4.78 is 37.5. The zero-order valence-electron chi connectivity index (χ0n) is 10.7. The average molecular weight is 319 g/mol. The molecule has 21 heavy (non-hydrogen) atoms. The van der Waals surface area contributed by atoms with Crippen LogP contribution in [-0.4, -0.2) is 16.1 Å². The number of nitrogens with one attached hydrogen (secondary N) is 2. The van der Waals surface area contributed by atoms with E-state index in [-0.39, 0.29) is 22.1 Å². The normalized spacial score (nSPS) is 11.5. The lowest BCUT2D eigenvalue weighted by atomic mass is 10.2. The number of anilines is 2. The molecule has 1 amide bonds. The third-order valence-electron chi connectivity index (χ3n) is 2.75. The lowest BCUT2D eigenvalue weighted by molar-refractivity contribution is -0.137. The number of hydrogen-bond acceptors (Lipinski definition) is 3. The van der Waals surface area contributed by atoms with Crippen molar-refractivity contribution < 1.29 is 18.0 Å². The van der Waals surface area contributed by atoms with Crippen LogP contribution in [0.25, 0.3) is 0 Å². The van der Waals surface area contributed by atoms with Gasteiger partial charge in [-0.15, -0.1) is 0 Å². The zero-order valence-corrected chi connectivity index (χ0v) is 11.4. The van der Waals surface area contributed by atoms with Crippen LogP contribution in [0.15, 0.2) is 18.2 Å². The maximum atomic E-state index is 12.5. The molecule has 1 aromatic carbocycles. The number of aromatic amines is 1. The molecule has 1 heterocycles. The van der Waals surface area contributed by atoms with E-state index in [1.165, 1.54) is 0 Å². The first-order chi connectivity index (χ1) is 9.70. The topological polar surface area (TPSA) is 83.8 Å². The highest BCUT2D eigenvalue weighted by molar-refractivity contribution is 6.34. The Hall–Kier alpha value is -2.22. The van der Waals surface area contributed by atoms with Gasteiger partial charge < -0.3 is 11.1 Å². The first-order valence-electron chi connectivity index (χ1n) is 5.68. The van der Waals surface area contributed by atoms with Crippen LogP contribution in [0.4, 0.5) is 24.7 Å². The molecule has 0 bridgehead atoms. The number of benzene rings is 1. The summed E-state index contributed by atoms with van der Waals surface area (Å²) in [6, 6.07) is 2.64. The Bertz CT molecular complexity index is 677. The molecule has 4 N–H and O–H groups in total. The van der Waals surface area contributed by atoms with E-state index in [1.54, 1.807) is 6.92 Å². The number of nitrogens with zero attached hydrogens (tertiary/aromatic N) is 1. The summed E-state index contributed by atoms with van der Waals surface area (Å²) in [6.45, 7) is 1.59. The highest BCUT2D eigenvalue weighted by atomic mass is 35.5. The van der Waals surface area contributed by atoms with E-state index in [9.17, 15) is 18.0 Å². The van der Waals surface area contributed by atoms with Gasteiger partial charge >= 0.3 is 6.18 Å². The van der Waals surface area contributed by atoms with Crippen molar-refractivity contribution >= 4 is 29.0 Å². The average Bonchev–Trinajstić information content (AvgIpc) is 2.70. The molecular formula is C12H10ClF3N4O. The predicted molar refractivity (Wildman–Crippen MR) is 72.1 cm³/mol. The number of amides is 1. The van der Waals surface area contributed by atoms with Crippen molar-refractivity contribution in [3.8, 4) is 0 Å². The maximum Gasteiger partial charge on any atom is 0.416 e. The standard InChI is InChI=1S/C12H10ClF3N4O/c1-5-9(10(17)20-19-5)11(21)18-8-3-2-6(4-7(8)13)12(14,15)16/h2-4H,1H3,(H,18,21)(H3,17,19,20). The SMILES string of the molecule is Cc1[nH]nc(N)c1C(=O)Nc1ccc(C(F)(F)F)cc1Cl. The van der Waals surface area contributed by atoms with Crippen molar-refractivity contribution in [2.75, 3.05) is 11.1 Å². The van der Waals surface area contributed by atoms with Gasteiger partial charge in [0, 0.05) is 5.69 Å². The molecule has 9 heteroatoms. The predicted octanol–water partition coefficient (Wildman–Crippen LogP) is 3.22. The van der Waals surface area contributed by atoms with Gasteiger partial charge in [-0.05, 0) is 25.1 Å². The molecule has 0 saturated carbocycles. The van der Waals surface area contributed by atoms with Gasteiger partial charge in [-0.1, -0.05) is 11.6 Å². The van der Waals surface area contributed by atoms with Gasteiger partial charge in [0.05, 0.1) is 16.3 Å². The molecule has 2 rings (SSSR count). The van der Waals surface area contributed by atoms with E-state index < -0.39 is 17.6 Å². The molecule has 0 atom stereocenters. The van der Waals surface area contributed by atoms with Crippen molar-refractivity contribution in [1.82, 2.24) is 10.2 Å². The Labute approximate surface area is 122 Å². The van der Waals surface area contributed by atoms with Gasteiger partial charge in [-0.3, -0.25) is 9.89 Å². The fraction of sp³-hybridized carbons (Fsp3) is 0.167. The number of hydrogen-bond donors (Lipinski definition) is 3. The summed E-state index contributed by atoms with van der Waals surface area (Å²) in [5.41, 5.74) is 5.24. The molecule has 0 saturated heterocycles. The third-order valence-corrected chi connectivity index (χ3v) is 3.06. The molecule has 0 aliphatic rings. The number of aromatic nitrogens is 2. The molecule has 0 fully saturated rings. The van der Waals surface area contributed by atoms with E-state index in [4.69, 9.17) is 17.3 Å². The summed E-state index contributed by atoms with van der Waals surface area (Å²) in [5.74, 6) is -0.617. The van der Waals surface area contributed by atoms with Gasteiger partial charge in [0.15, 0.2) is 5.82 Å². The third kappa shape index (κ3) is 3.10. The van der Waals surface area contributed by atoms with Crippen LogP contribution in [0.1, 0.15) is 21.6 Å². The summed E-state index contributed by atoms with van der Waals surface area (Å²) in [5, 5.41) is 8.36. The summed E-state index contributed by atoms with van der Waals surface area (Å²) >= 11 is 5.75. The molecule has 5 nitrogen and oxygen atoms in total. The van der Waals surface area contributed by atoms with Gasteiger partial charge in [0.2, 0.25) is 0 Å². The number of nitrogens with two attached hydrogens (primary N) is 1. The smallest absolute Gasteiger partial charge is 0.382 e. The number of alkyl halides is 3. The van der Waals surface area contributed by atoms with Gasteiger partial charge in [-0.2, -0.15) is 18.3 Å². The van der Waals surface area contributed by atoms with Crippen LogP contribution in [-0.2, 0) is 6.18 Å². The molecule has 0 spiro atoms. The van der Waals surface area contributed by atoms with Gasteiger partial charge in [0.1, 0.15) is 5.56 Å². The first-order valence-corrected chi connectivity index (χ1v) is 6.06. The fourth-order valence-electron chi connectivity index (χ4n) is 1.71. The molecule has 1 aromatic heterocycles. The second-order valence-corrected chi connectivity index (χ2v) is 4.66. The van der Waals surface area contributed by atoms with Crippen molar-refractivity contribution in [3.05, 3.63) is 40.0 Å². The molecular weight excluding hydrogens is 309 g/mol. The van der Waals surface area contributed by atoms with Crippen molar-refractivity contribution in [2.24, 2.45) is 0 Å². The molecule has 0 unspecified atom stereocenters. The number of carbonyl (C=O) groups is 1. The van der Waals surface area contributed by atoms with Crippen molar-refractivity contribution in [1.29, 1.82) is 0 Å². The second kappa shape index (κ2) is 5.28. The summed E-state index contributed by atoms with van der Waals surface area (Å²) in [6.07, 6.45) is -4.50. The molecule has 0 aliphatic carbocycles. The van der Waals surface area contributed by atoms with Crippen LogP contribution >= 0.6 is 11.6 Å². The Morgan fingerprint density at radius 2 is 2.10 bits per heavy atom. The molecule has 0 aliphatic heterocycles. The van der Waals surface area contributed by atoms with Crippen molar-refractivity contribution in [3.63, 3.8) is 0 Å². The zero-order chi connectivity index (χ0) is 15.8. The summed E-state index contributed by atoms with van der Waals surface area (Å²) in [4.78, 5) is 12.0. The van der Waals surface area contributed by atoms with E-state index in [0.717, 1.165) is 18.2 Å². The Kier molecular flexibility index (Phi) is 3.82. The minimum absolute atomic E-state index is 0.00645. The van der Waals surface area contributed by atoms with E-state index >= 15 is 0 Å². The monoisotopic (exact) mass is 318 g/mol. The van der Waals surface area contributed by atoms with E-state index in [2.05, 4.69) is 15.5 Å². The first kappa shape index (κ1) is 15.2. The number of rotatable bonds is 2. The number of halogens is 4. The summed E-state index contributed by atoms with van der Waals surface area (Å²) in [7, 11) is 0. The van der Waals surface area contributed by atoms with Crippen LogP contribution in [0.5, 0.6) is 0 Å². The lowest BCUT2D eigenvalue weighted by Gasteiger charge is -2.11. The molecule has 112 valence electrons. The molecule has 2 aromatic rings. The minimum atomic E-state index is -4.50. The van der Waals surface area contributed by atoms with Crippen LogP contribution in [0.3, 0.4) is 0 Å². The minimum Gasteiger partial charge on any atom is -0.382 e. The number of nitrogen functional groups attached to an aromatic ring is 1.